The van der Waals surface area contributed by atoms with E-state index in [1.807, 2.05) is 0 Å². The molecule has 2 aromatic carbocycles. The van der Waals surface area contributed by atoms with Gasteiger partial charge in [-0.25, -0.2) is 9.79 Å². The third-order valence-electron chi connectivity index (χ3n) is 3.29. The summed E-state index contributed by atoms with van der Waals surface area (Å²) in [4.78, 5) is 15.0. The molecule has 0 aliphatic heterocycles. The van der Waals surface area contributed by atoms with Crippen molar-refractivity contribution in [2.75, 3.05) is 14.2 Å². The van der Waals surface area contributed by atoms with Crippen molar-refractivity contribution in [1.29, 1.82) is 5.41 Å². The topological polar surface area (TPSA) is 118 Å². The Morgan fingerprint density at radius 3 is 2.33 bits per heavy atom. The lowest BCUT2D eigenvalue weighted by Gasteiger charge is -2.09. The number of ether oxygens (including phenoxy) is 2. The largest absolute Gasteiger partial charge is 0.493 e. The Morgan fingerprint density at radius 2 is 1.71 bits per heavy atom. The fourth-order valence-corrected chi connectivity index (χ4v) is 2.04. The first kappa shape index (κ1) is 17.0. The van der Waals surface area contributed by atoms with Gasteiger partial charge >= 0.3 is 5.97 Å². The molecule has 0 fully saturated rings. The monoisotopic (exact) mass is 327 g/mol. The predicted molar refractivity (Wildman–Crippen MR) is 90.5 cm³/mol. The van der Waals surface area contributed by atoms with E-state index in [2.05, 4.69) is 4.99 Å². The number of nitrogens with two attached hydrogens (primary N) is 1. The third kappa shape index (κ3) is 3.70. The molecule has 4 N–H and O–H groups in total. The molecule has 0 aliphatic carbocycles. The van der Waals surface area contributed by atoms with E-state index in [1.54, 1.807) is 30.3 Å². The maximum absolute atomic E-state index is 11.0. The SMILES string of the molecule is COc1ccc(C(N)=NC(=N)c2cccc(C(=O)O)c2)cc1OC. The summed E-state index contributed by atoms with van der Waals surface area (Å²) in [5.41, 5.74) is 6.94. The number of amidine groups is 2. The molecule has 0 saturated carbocycles. The van der Waals surface area contributed by atoms with Gasteiger partial charge in [-0.1, -0.05) is 12.1 Å². The number of hydrogen-bond donors (Lipinski definition) is 3. The van der Waals surface area contributed by atoms with Gasteiger partial charge in [0.2, 0.25) is 0 Å². The van der Waals surface area contributed by atoms with Gasteiger partial charge in [-0.3, -0.25) is 5.41 Å². The summed E-state index contributed by atoms with van der Waals surface area (Å²) < 4.78 is 10.4. The highest BCUT2D eigenvalue weighted by Gasteiger charge is 2.10. The van der Waals surface area contributed by atoms with Gasteiger partial charge < -0.3 is 20.3 Å². The van der Waals surface area contributed by atoms with Crippen LogP contribution in [0.2, 0.25) is 0 Å². The molecule has 0 saturated heterocycles. The summed E-state index contributed by atoms with van der Waals surface area (Å²) in [5.74, 6) is -0.0422. The van der Waals surface area contributed by atoms with Crippen molar-refractivity contribution < 1.29 is 19.4 Å². The van der Waals surface area contributed by atoms with Crippen LogP contribution in [0.15, 0.2) is 47.5 Å². The van der Waals surface area contributed by atoms with Crippen LogP contribution in [-0.4, -0.2) is 37.0 Å². The molecule has 0 atom stereocenters. The number of rotatable bonds is 5. The normalized spacial score (nSPS) is 11.0. The van der Waals surface area contributed by atoms with Gasteiger partial charge in [0.15, 0.2) is 17.3 Å². The van der Waals surface area contributed by atoms with Crippen LogP contribution >= 0.6 is 0 Å². The zero-order valence-electron chi connectivity index (χ0n) is 13.2. The Morgan fingerprint density at radius 1 is 1.04 bits per heavy atom. The molecule has 0 amide bonds. The van der Waals surface area contributed by atoms with E-state index in [4.69, 9.17) is 25.7 Å². The molecular formula is C17H17N3O4. The fraction of sp³-hybridized carbons (Fsp3) is 0.118. The second-order valence-electron chi connectivity index (χ2n) is 4.80. The van der Waals surface area contributed by atoms with Gasteiger partial charge in [0.25, 0.3) is 0 Å². The molecule has 0 radical (unpaired) electrons. The molecule has 0 bridgehead atoms. The van der Waals surface area contributed by atoms with E-state index in [9.17, 15) is 4.79 Å². The van der Waals surface area contributed by atoms with Crippen molar-refractivity contribution in [3.8, 4) is 11.5 Å². The van der Waals surface area contributed by atoms with Gasteiger partial charge in [-0.15, -0.1) is 0 Å². The summed E-state index contributed by atoms with van der Waals surface area (Å²) in [6.07, 6.45) is 0. The van der Waals surface area contributed by atoms with Crippen LogP contribution in [0.25, 0.3) is 0 Å². The van der Waals surface area contributed by atoms with Crippen LogP contribution in [0.4, 0.5) is 0 Å². The molecule has 0 spiro atoms. The first-order valence-electron chi connectivity index (χ1n) is 6.95. The van der Waals surface area contributed by atoms with Crippen molar-refractivity contribution in [3.05, 3.63) is 59.2 Å². The zero-order valence-corrected chi connectivity index (χ0v) is 13.2. The molecule has 2 aromatic rings. The molecular weight excluding hydrogens is 310 g/mol. The van der Waals surface area contributed by atoms with Crippen LogP contribution < -0.4 is 15.2 Å². The number of nitrogens with zero attached hydrogens (tertiary/aromatic N) is 1. The second kappa shape index (κ2) is 7.28. The number of benzene rings is 2. The summed E-state index contributed by atoms with van der Waals surface area (Å²) in [7, 11) is 3.04. The minimum Gasteiger partial charge on any atom is -0.493 e. The highest BCUT2D eigenvalue weighted by Crippen LogP contribution is 2.27. The van der Waals surface area contributed by atoms with E-state index in [1.165, 1.54) is 26.4 Å². The lowest BCUT2D eigenvalue weighted by Crippen LogP contribution is -2.16. The Labute approximate surface area is 138 Å². The molecule has 124 valence electrons. The maximum Gasteiger partial charge on any atom is 0.335 e. The Kier molecular flexibility index (Phi) is 5.16. The number of carbonyl (C=O) groups is 1. The Balaban J connectivity index is 2.32. The van der Waals surface area contributed by atoms with Gasteiger partial charge in [0.05, 0.1) is 19.8 Å². The number of methoxy groups -OCH3 is 2. The molecule has 0 unspecified atom stereocenters. The maximum atomic E-state index is 11.0. The number of nitrogens with one attached hydrogen (secondary N) is 1. The van der Waals surface area contributed by atoms with Crippen LogP contribution in [0.3, 0.4) is 0 Å². The second-order valence-corrected chi connectivity index (χ2v) is 4.80. The van der Waals surface area contributed by atoms with Gasteiger partial charge in [-0.2, -0.15) is 0 Å². The Bertz CT molecular complexity index is 815. The highest BCUT2D eigenvalue weighted by atomic mass is 16.5. The van der Waals surface area contributed by atoms with E-state index < -0.39 is 5.97 Å². The summed E-state index contributed by atoms with van der Waals surface area (Å²) in [6.45, 7) is 0. The Hall–Kier alpha value is -3.35. The van der Waals surface area contributed by atoms with Gasteiger partial charge in [-0.05, 0) is 30.3 Å². The highest BCUT2D eigenvalue weighted by molar-refractivity contribution is 6.10. The molecule has 24 heavy (non-hydrogen) atoms. The van der Waals surface area contributed by atoms with Crippen molar-refractivity contribution in [2.24, 2.45) is 10.7 Å². The van der Waals surface area contributed by atoms with E-state index in [0.717, 1.165) is 0 Å². The standard InChI is InChI=1S/C17H17N3O4/c1-23-13-7-6-11(9-14(13)24-2)16(19)20-15(18)10-4-3-5-12(8-10)17(21)22/h3-9H,1-2H3,(H,21,22)(H3,18,19,20). The zero-order chi connectivity index (χ0) is 17.7. The van der Waals surface area contributed by atoms with Gasteiger partial charge in [0.1, 0.15) is 5.84 Å². The molecule has 0 aliphatic rings. The first-order valence-corrected chi connectivity index (χ1v) is 6.95. The van der Waals surface area contributed by atoms with Crippen molar-refractivity contribution >= 4 is 17.6 Å². The lowest BCUT2D eigenvalue weighted by atomic mass is 10.1. The van der Waals surface area contributed by atoms with E-state index in [-0.39, 0.29) is 17.2 Å². The summed E-state index contributed by atoms with van der Waals surface area (Å²) in [6, 6.07) is 11.0. The fourth-order valence-electron chi connectivity index (χ4n) is 2.04. The number of aromatic carboxylic acids is 1. The van der Waals surface area contributed by atoms with Crippen LogP contribution in [0.5, 0.6) is 11.5 Å². The number of hydrogen-bond acceptors (Lipinski definition) is 4. The summed E-state index contributed by atoms with van der Waals surface area (Å²) >= 11 is 0. The van der Waals surface area contributed by atoms with Crippen molar-refractivity contribution in [1.82, 2.24) is 0 Å². The number of aliphatic imine (C=N–C) groups is 1. The minimum absolute atomic E-state index is 0.0807. The van der Waals surface area contributed by atoms with E-state index >= 15 is 0 Å². The van der Waals surface area contributed by atoms with Crippen molar-refractivity contribution in [2.45, 2.75) is 0 Å². The quantitative estimate of drug-likeness (QED) is 0.574. The molecule has 7 nitrogen and oxygen atoms in total. The lowest BCUT2D eigenvalue weighted by molar-refractivity contribution is 0.0697. The molecule has 0 heterocycles. The van der Waals surface area contributed by atoms with Gasteiger partial charge in [0, 0.05) is 11.1 Å². The smallest absolute Gasteiger partial charge is 0.335 e. The molecule has 0 aromatic heterocycles. The van der Waals surface area contributed by atoms with Crippen LogP contribution in [0.1, 0.15) is 21.5 Å². The first-order chi connectivity index (χ1) is 11.5. The predicted octanol–water partition coefficient (Wildman–Crippen LogP) is 2.13. The molecule has 7 heteroatoms. The average Bonchev–Trinajstić information content (AvgIpc) is 2.60. The third-order valence-corrected chi connectivity index (χ3v) is 3.29. The van der Waals surface area contributed by atoms with Crippen LogP contribution in [0, 0.1) is 5.41 Å². The number of carboxylic acid groups (broad SMARTS) is 1. The van der Waals surface area contributed by atoms with Crippen molar-refractivity contribution in [3.63, 3.8) is 0 Å². The average molecular weight is 327 g/mol. The minimum atomic E-state index is -1.07. The van der Waals surface area contributed by atoms with Crippen LogP contribution in [-0.2, 0) is 0 Å². The number of carboxylic acids is 1. The van der Waals surface area contributed by atoms with E-state index in [0.29, 0.717) is 22.6 Å². The molecule has 2 rings (SSSR count). The summed E-state index contributed by atoms with van der Waals surface area (Å²) in [5, 5.41) is 17.0.